The highest BCUT2D eigenvalue weighted by atomic mass is 32.1. The number of methoxy groups -OCH3 is 2. The van der Waals surface area contributed by atoms with Crippen LogP contribution in [0.25, 0.3) is 10.6 Å². The standard InChI is InChI=1S/C26H23FN2O3S2/c1-31-21-12-16-8-9-29(25(23-7-4-10-33-23)20(16)14-22(21)32-2)24(30)13-19-15-34-26(28-19)17-5-3-6-18(27)11-17/h3-7,10-12,14-15,25H,8-9,13H2,1-2H3. The second kappa shape index (κ2) is 9.56. The molecule has 34 heavy (non-hydrogen) atoms. The normalized spacial score (nSPS) is 15.1. The summed E-state index contributed by atoms with van der Waals surface area (Å²) in [7, 11) is 3.25. The van der Waals surface area contributed by atoms with Crippen LogP contribution in [0, 0.1) is 5.82 Å². The van der Waals surface area contributed by atoms with E-state index in [1.54, 1.807) is 31.6 Å². The molecule has 1 aliphatic rings. The lowest BCUT2D eigenvalue weighted by Gasteiger charge is -2.37. The first-order valence-corrected chi connectivity index (χ1v) is 12.6. The molecule has 5 rings (SSSR count). The van der Waals surface area contributed by atoms with Crippen molar-refractivity contribution in [1.82, 2.24) is 9.88 Å². The molecule has 1 aliphatic heterocycles. The fraction of sp³-hybridized carbons (Fsp3) is 0.231. The van der Waals surface area contributed by atoms with Crippen LogP contribution < -0.4 is 9.47 Å². The van der Waals surface area contributed by atoms with Crippen molar-refractivity contribution in [3.05, 3.63) is 86.8 Å². The van der Waals surface area contributed by atoms with E-state index in [2.05, 4.69) is 11.1 Å². The van der Waals surface area contributed by atoms with E-state index in [0.29, 0.717) is 34.3 Å². The van der Waals surface area contributed by atoms with Gasteiger partial charge in [0, 0.05) is 22.4 Å². The highest BCUT2D eigenvalue weighted by Crippen LogP contribution is 2.42. The molecule has 174 valence electrons. The number of halogens is 1. The number of carbonyl (C=O) groups is 1. The van der Waals surface area contributed by atoms with E-state index in [1.807, 2.05) is 39.9 Å². The SMILES string of the molecule is COc1cc2c(cc1OC)C(c1cccs1)N(C(=O)Cc1csc(-c3cccc(F)c3)n1)CC2. The average Bonchev–Trinajstić information content (AvgIpc) is 3.55. The lowest BCUT2D eigenvalue weighted by molar-refractivity contribution is -0.132. The van der Waals surface area contributed by atoms with Gasteiger partial charge < -0.3 is 14.4 Å². The van der Waals surface area contributed by atoms with Crippen LogP contribution in [0.4, 0.5) is 4.39 Å². The van der Waals surface area contributed by atoms with Crippen molar-refractivity contribution in [2.24, 2.45) is 0 Å². The van der Waals surface area contributed by atoms with Crippen molar-refractivity contribution in [3.63, 3.8) is 0 Å². The highest BCUT2D eigenvalue weighted by Gasteiger charge is 2.34. The van der Waals surface area contributed by atoms with E-state index in [9.17, 15) is 9.18 Å². The first-order chi connectivity index (χ1) is 16.6. The van der Waals surface area contributed by atoms with Gasteiger partial charge in [0.25, 0.3) is 0 Å². The van der Waals surface area contributed by atoms with Gasteiger partial charge in [-0.1, -0.05) is 18.2 Å². The van der Waals surface area contributed by atoms with Gasteiger partial charge in [-0.3, -0.25) is 4.79 Å². The molecule has 0 radical (unpaired) electrons. The third kappa shape index (κ3) is 4.31. The lowest BCUT2D eigenvalue weighted by Crippen LogP contribution is -2.41. The minimum atomic E-state index is -0.303. The molecule has 2 aromatic heterocycles. The van der Waals surface area contributed by atoms with E-state index < -0.39 is 0 Å². The molecule has 5 nitrogen and oxygen atoms in total. The van der Waals surface area contributed by atoms with E-state index >= 15 is 0 Å². The molecule has 4 aromatic rings. The van der Waals surface area contributed by atoms with Gasteiger partial charge in [0.2, 0.25) is 5.91 Å². The van der Waals surface area contributed by atoms with Gasteiger partial charge in [0.05, 0.1) is 32.4 Å². The van der Waals surface area contributed by atoms with Crippen LogP contribution in [0.3, 0.4) is 0 Å². The van der Waals surface area contributed by atoms with Crippen LogP contribution in [0.15, 0.2) is 59.3 Å². The number of thiophene rings is 1. The Bertz CT molecular complexity index is 1320. The minimum absolute atomic E-state index is 0.00919. The maximum atomic E-state index is 13.6. The molecule has 0 aliphatic carbocycles. The molecule has 0 saturated heterocycles. The molecule has 1 amide bonds. The van der Waals surface area contributed by atoms with E-state index in [-0.39, 0.29) is 24.2 Å². The van der Waals surface area contributed by atoms with Gasteiger partial charge in [-0.2, -0.15) is 0 Å². The molecule has 0 fully saturated rings. The third-order valence-electron chi connectivity index (χ3n) is 5.96. The molecule has 1 atom stereocenters. The van der Waals surface area contributed by atoms with Gasteiger partial charge >= 0.3 is 0 Å². The average molecular weight is 495 g/mol. The molecule has 0 bridgehead atoms. The summed E-state index contributed by atoms with van der Waals surface area (Å²) in [4.78, 5) is 21.2. The topological polar surface area (TPSA) is 51.7 Å². The molecule has 0 N–H and O–H groups in total. The van der Waals surface area contributed by atoms with Gasteiger partial charge in [-0.25, -0.2) is 9.37 Å². The quantitative estimate of drug-likeness (QED) is 0.343. The van der Waals surface area contributed by atoms with Crippen LogP contribution in [0.5, 0.6) is 11.5 Å². The summed E-state index contributed by atoms with van der Waals surface area (Å²) >= 11 is 3.05. The fourth-order valence-corrected chi connectivity index (χ4v) is 6.04. The van der Waals surface area contributed by atoms with Crippen LogP contribution in [0.2, 0.25) is 0 Å². The second-order valence-corrected chi connectivity index (χ2v) is 9.83. The molecule has 2 aromatic carbocycles. The first-order valence-electron chi connectivity index (χ1n) is 10.9. The van der Waals surface area contributed by atoms with E-state index in [1.165, 1.54) is 23.5 Å². The number of hydrogen-bond acceptors (Lipinski definition) is 6. The number of nitrogens with zero attached hydrogens (tertiary/aromatic N) is 2. The smallest absolute Gasteiger partial charge is 0.229 e. The highest BCUT2D eigenvalue weighted by molar-refractivity contribution is 7.13. The molecule has 1 unspecified atom stereocenters. The Balaban J connectivity index is 1.45. The van der Waals surface area contributed by atoms with Crippen molar-refractivity contribution >= 4 is 28.6 Å². The zero-order valence-electron chi connectivity index (χ0n) is 18.8. The molecular formula is C26H23FN2O3S2. The Morgan fingerprint density at radius 3 is 2.68 bits per heavy atom. The van der Waals surface area contributed by atoms with E-state index in [4.69, 9.17) is 9.47 Å². The predicted molar refractivity (Wildman–Crippen MR) is 132 cm³/mol. The van der Waals surface area contributed by atoms with Crippen LogP contribution >= 0.6 is 22.7 Å². The van der Waals surface area contributed by atoms with Crippen molar-refractivity contribution in [1.29, 1.82) is 0 Å². The number of rotatable bonds is 6. The van der Waals surface area contributed by atoms with Crippen molar-refractivity contribution in [3.8, 4) is 22.1 Å². The van der Waals surface area contributed by atoms with Crippen LogP contribution in [-0.2, 0) is 17.6 Å². The molecule has 3 heterocycles. The van der Waals surface area contributed by atoms with Gasteiger partial charge in [-0.15, -0.1) is 22.7 Å². The Morgan fingerprint density at radius 1 is 1.12 bits per heavy atom. The number of aromatic nitrogens is 1. The maximum absolute atomic E-state index is 13.6. The molecular weight excluding hydrogens is 471 g/mol. The Kier molecular flexibility index (Phi) is 6.34. The number of benzene rings is 2. The van der Waals surface area contributed by atoms with Crippen molar-refractivity contribution in [2.45, 2.75) is 18.9 Å². The fourth-order valence-electron chi connectivity index (χ4n) is 4.37. The van der Waals surface area contributed by atoms with E-state index in [0.717, 1.165) is 22.4 Å². The number of carbonyl (C=O) groups excluding carboxylic acids is 1. The maximum Gasteiger partial charge on any atom is 0.229 e. The van der Waals surface area contributed by atoms with Crippen LogP contribution in [0.1, 0.15) is 27.7 Å². The number of hydrogen-bond donors (Lipinski definition) is 0. The second-order valence-electron chi connectivity index (χ2n) is 7.99. The zero-order valence-corrected chi connectivity index (χ0v) is 20.4. The number of ether oxygens (including phenoxy) is 2. The summed E-state index contributed by atoms with van der Waals surface area (Å²) in [6.07, 6.45) is 0.922. The first kappa shape index (κ1) is 22.6. The van der Waals surface area contributed by atoms with Gasteiger partial charge in [0.15, 0.2) is 11.5 Å². The minimum Gasteiger partial charge on any atom is -0.493 e. The summed E-state index contributed by atoms with van der Waals surface area (Å²) < 4.78 is 24.7. The van der Waals surface area contributed by atoms with Crippen LogP contribution in [-0.4, -0.2) is 36.6 Å². The molecule has 0 spiro atoms. The third-order valence-corrected chi connectivity index (χ3v) is 7.83. The monoisotopic (exact) mass is 494 g/mol. The Morgan fingerprint density at radius 2 is 1.94 bits per heavy atom. The molecule has 0 saturated carbocycles. The number of fused-ring (bicyclic) bond motifs is 1. The lowest BCUT2D eigenvalue weighted by atomic mass is 9.90. The summed E-state index contributed by atoms with van der Waals surface area (Å²) in [6, 6.07) is 14.2. The van der Waals surface area contributed by atoms with Gasteiger partial charge in [-0.05, 0) is 53.3 Å². The molecule has 8 heteroatoms. The summed E-state index contributed by atoms with van der Waals surface area (Å²) in [5.74, 6) is 1.05. The Hall–Kier alpha value is -3.23. The van der Waals surface area contributed by atoms with Gasteiger partial charge in [0.1, 0.15) is 10.8 Å². The zero-order chi connectivity index (χ0) is 23.7. The number of amides is 1. The largest absolute Gasteiger partial charge is 0.493 e. The van der Waals surface area contributed by atoms with Crippen molar-refractivity contribution in [2.75, 3.05) is 20.8 Å². The van der Waals surface area contributed by atoms with Crippen molar-refractivity contribution < 1.29 is 18.7 Å². The summed E-state index contributed by atoms with van der Waals surface area (Å²) in [6.45, 7) is 0.602. The number of thiazole rings is 1. The summed E-state index contributed by atoms with van der Waals surface area (Å²) in [5.41, 5.74) is 3.62. The predicted octanol–water partition coefficient (Wildman–Crippen LogP) is 5.74. The summed E-state index contributed by atoms with van der Waals surface area (Å²) in [5, 5.41) is 4.61. The Labute approximate surface area is 205 Å².